The third-order valence-electron chi connectivity index (χ3n) is 5.00. The number of hydrogen-bond acceptors (Lipinski definition) is 3. The molecule has 2 aromatic heterocycles. The summed E-state index contributed by atoms with van der Waals surface area (Å²) >= 11 is 0. The number of para-hydroxylation sites is 1. The topological polar surface area (TPSA) is 75.6 Å². The Bertz CT molecular complexity index is 881. The van der Waals surface area contributed by atoms with Crippen molar-refractivity contribution in [3.05, 3.63) is 47.7 Å². The molecule has 0 unspecified atom stereocenters. The molecule has 1 amide bonds. The highest BCUT2D eigenvalue weighted by Gasteiger charge is 2.23. The van der Waals surface area contributed by atoms with E-state index in [-0.39, 0.29) is 11.9 Å². The average Bonchev–Trinajstić information content (AvgIpc) is 3.23. The number of benzene rings is 1. The molecule has 1 atom stereocenters. The van der Waals surface area contributed by atoms with Crippen LogP contribution < -0.4 is 5.32 Å². The van der Waals surface area contributed by atoms with Crippen molar-refractivity contribution in [2.45, 2.75) is 51.6 Å². The van der Waals surface area contributed by atoms with Crippen LogP contribution in [-0.4, -0.2) is 31.7 Å². The number of aryl methyl sites for hydroxylation is 3. The summed E-state index contributed by atoms with van der Waals surface area (Å²) in [6.45, 7) is 2.87. The second-order valence-electron chi connectivity index (χ2n) is 6.66. The molecule has 6 nitrogen and oxygen atoms in total. The molecule has 0 bridgehead atoms. The monoisotopic (exact) mass is 337 g/mol. The maximum atomic E-state index is 12.4. The molecule has 0 fully saturated rings. The second-order valence-corrected chi connectivity index (χ2v) is 6.66. The maximum absolute atomic E-state index is 12.4. The van der Waals surface area contributed by atoms with Crippen molar-refractivity contribution in [3.8, 4) is 0 Å². The number of nitrogens with zero attached hydrogens (tertiary/aromatic N) is 3. The van der Waals surface area contributed by atoms with Gasteiger partial charge in [-0.25, -0.2) is 0 Å². The number of rotatable bonds is 5. The lowest BCUT2D eigenvalue weighted by molar-refractivity contribution is -0.122. The van der Waals surface area contributed by atoms with Gasteiger partial charge in [0.2, 0.25) is 5.91 Å². The highest BCUT2D eigenvalue weighted by molar-refractivity contribution is 5.84. The van der Waals surface area contributed by atoms with Crippen LogP contribution in [0.2, 0.25) is 0 Å². The molecule has 130 valence electrons. The van der Waals surface area contributed by atoms with Crippen LogP contribution in [0.3, 0.4) is 0 Å². The van der Waals surface area contributed by atoms with E-state index in [1.165, 1.54) is 10.9 Å². The Kier molecular flexibility index (Phi) is 4.26. The molecule has 1 aliphatic heterocycles. The lowest BCUT2D eigenvalue weighted by Gasteiger charge is -2.25. The summed E-state index contributed by atoms with van der Waals surface area (Å²) in [5.74, 6) is 2.17. The Morgan fingerprint density at radius 1 is 1.36 bits per heavy atom. The summed E-state index contributed by atoms with van der Waals surface area (Å²) < 4.78 is 2.16. The van der Waals surface area contributed by atoms with Crippen LogP contribution in [0, 0.1) is 0 Å². The Morgan fingerprint density at radius 2 is 2.24 bits per heavy atom. The van der Waals surface area contributed by atoms with E-state index in [0.717, 1.165) is 49.4 Å². The fourth-order valence-corrected chi connectivity index (χ4v) is 3.65. The van der Waals surface area contributed by atoms with Crippen LogP contribution in [0.25, 0.3) is 10.9 Å². The number of carbonyl (C=O) groups is 1. The summed E-state index contributed by atoms with van der Waals surface area (Å²) in [6.07, 6.45) is 5.94. The average molecular weight is 337 g/mol. The van der Waals surface area contributed by atoms with Crippen LogP contribution in [-0.2, 0) is 30.6 Å². The smallest absolute Gasteiger partial charge is 0.220 e. The Morgan fingerprint density at radius 3 is 3.12 bits per heavy atom. The first-order valence-corrected chi connectivity index (χ1v) is 9.00. The summed E-state index contributed by atoms with van der Waals surface area (Å²) in [4.78, 5) is 15.7. The van der Waals surface area contributed by atoms with Gasteiger partial charge in [-0.05, 0) is 24.5 Å². The number of aromatic nitrogens is 4. The van der Waals surface area contributed by atoms with Gasteiger partial charge in [0.25, 0.3) is 0 Å². The molecule has 3 heterocycles. The van der Waals surface area contributed by atoms with Crippen LogP contribution in [0.5, 0.6) is 0 Å². The summed E-state index contributed by atoms with van der Waals surface area (Å²) in [7, 11) is 0. The molecule has 3 aromatic rings. The number of aromatic amines is 1. The molecule has 0 radical (unpaired) electrons. The van der Waals surface area contributed by atoms with E-state index in [1.807, 2.05) is 18.3 Å². The van der Waals surface area contributed by atoms with Gasteiger partial charge in [0.05, 0.1) is 0 Å². The zero-order chi connectivity index (χ0) is 17.2. The Labute approximate surface area is 146 Å². The van der Waals surface area contributed by atoms with Gasteiger partial charge in [0.15, 0.2) is 0 Å². The molecule has 6 heteroatoms. The first-order chi connectivity index (χ1) is 12.2. The SMILES string of the molecule is CCc1nnc2n1C[C@@H](NC(=O)CCc1c[nH]c3ccccc13)CC2. The number of nitrogens with one attached hydrogen (secondary N) is 2. The maximum Gasteiger partial charge on any atom is 0.220 e. The highest BCUT2D eigenvalue weighted by atomic mass is 16.1. The molecule has 4 rings (SSSR count). The molecular formula is C19H23N5O. The summed E-state index contributed by atoms with van der Waals surface area (Å²) in [5, 5.41) is 12.9. The minimum Gasteiger partial charge on any atom is -0.361 e. The van der Waals surface area contributed by atoms with E-state index in [0.29, 0.717) is 6.42 Å². The molecule has 2 N–H and O–H groups in total. The zero-order valence-electron chi connectivity index (χ0n) is 14.5. The van der Waals surface area contributed by atoms with Crippen molar-refractivity contribution in [3.63, 3.8) is 0 Å². The first kappa shape index (κ1) is 15.9. The van der Waals surface area contributed by atoms with Crippen molar-refractivity contribution in [2.24, 2.45) is 0 Å². The number of hydrogen-bond donors (Lipinski definition) is 2. The molecule has 0 saturated carbocycles. The molecular weight excluding hydrogens is 314 g/mol. The standard InChI is InChI=1S/C19H23N5O/c1-2-17-22-23-18-9-8-14(12-24(17)18)21-19(25)10-7-13-11-20-16-6-4-3-5-15(13)16/h3-6,11,14,20H,2,7-10,12H2,1H3,(H,21,25)/t14-/m0/s1. The lowest BCUT2D eigenvalue weighted by atomic mass is 10.1. The van der Waals surface area contributed by atoms with Crippen molar-refractivity contribution >= 4 is 16.8 Å². The van der Waals surface area contributed by atoms with Gasteiger partial charge in [-0.2, -0.15) is 0 Å². The lowest BCUT2D eigenvalue weighted by Crippen LogP contribution is -2.41. The number of H-pyrrole nitrogens is 1. The van der Waals surface area contributed by atoms with Crippen molar-refractivity contribution in [1.82, 2.24) is 25.1 Å². The van der Waals surface area contributed by atoms with E-state index in [1.54, 1.807) is 0 Å². The Hall–Kier alpha value is -2.63. The predicted octanol–water partition coefficient (Wildman–Crippen LogP) is 2.39. The molecule has 0 saturated heterocycles. The predicted molar refractivity (Wildman–Crippen MR) is 96.3 cm³/mol. The van der Waals surface area contributed by atoms with E-state index < -0.39 is 0 Å². The van der Waals surface area contributed by atoms with Crippen LogP contribution in [0.1, 0.15) is 37.0 Å². The summed E-state index contributed by atoms with van der Waals surface area (Å²) in [5.41, 5.74) is 2.32. The van der Waals surface area contributed by atoms with Gasteiger partial charge >= 0.3 is 0 Å². The molecule has 25 heavy (non-hydrogen) atoms. The third-order valence-corrected chi connectivity index (χ3v) is 5.00. The highest BCUT2D eigenvalue weighted by Crippen LogP contribution is 2.19. The van der Waals surface area contributed by atoms with E-state index in [2.05, 4.69) is 44.1 Å². The van der Waals surface area contributed by atoms with Crippen molar-refractivity contribution < 1.29 is 4.79 Å². The largest absolute Gasteiger partial charge is 0.361 e. The van der Waals surface area contributed by atoms with Crippen LogP contribution in [0.4, 0.5) is 0 Å². The molecule has 0 aliphatic carbocycles. The fraction of sp³-hybridized carbons (Fsp3) is 0.421. The van der Waals surface area contributed by atoms with Gasteiger partial charge in [0.1, 0.15) is 11.6 Å². The van der Waals surface area contributed by atoms with Gasteiger partial charge in [0, 0.05) is 48.9 Å². The number of amides is 1. The van der Waals surface area contributed by atoms with E-state index in [9.17, 15) is 4.79 Å². The summed E-state index contributed by atoms with van der Waals surface area (Å²) in [6, 6.07) is 8.37. The van der Waals surface area contributed by atoms with Crippen molar-refractivity contribution in [2.75, 3.05) is 0 Å². The van der Waals surface area contributed by atoms with E-state index >= 15 is 0 Å². The number of fused-ring (bicyclic) bond motifs is 2. The minimum atomic E-state index is 0.116. The van der Waals surface area contributed by atoms with Crippen LogP contribution >= 0.6 is 0 Å². The molecule has 1 aromatic carbocycles. The van der Waals surface area contributed by atoms with Gasteiger partial charge < -0.3 is 14.9 Å². The van der Waals surface area contributed by atoms with Gasteiger partial charge in [-0.15, -0.1) is 10.2 Å². The third kappa shape index (κ3) is 3.16. The second kappa shape index (κ2) is 6.70. The van der Waals surface area contributed by atoms with Gasteiger partial charge in [-0.3, -0.25) is 4.79 Å². The quantitative estimate of drug-likeness (QED) is 0.750. The first-order valence-electron chi connectivity index (χ1n) is 9.00. The van der Waals surface area contributed by atoms with Crippen LogP contribution in [0.15, 0.2) is 30.5 Å². The minimum absolute atomic E-state index is 0.116. The van der Waals surface area contributed by atoms with E-state index in [4.69, 9.17) is 0 Å². The zero-order valence-corrected chi connectivity index (χ0v) is 14.5. The Balaban J connectivity index is 1.35. The van der Waals surface area contributed by atoms with Gasteiger partial charge in [-0.1, -0.05) is 25.1 Å². The molecule has 0 spiro atoms. The normalized spacial score (nSPS) is 16.8. The van der Waals surface area contributed by atoms with Crippen molar-refractivity contribution in [1.29, 1.82) is 0 Å². The fourth-order valence-electron chi connectivity index (χ4n) is 3.65. The number of carbonyl (C=O) groups excluding carboxylic acids is 1. The molecule has 1 aliphatic rings.